The molecule has 0 saturated heterocycles. The van der Waals surface area contributed by atoms with Crippen molar-refractivity contribution in [2.24, 2.45) is 15.7 Å². The first-order chi connectivity index (χ1) is 17.0. The van der Waals surface area contributed by atoms with E-state index in [1.54, 1.807) is 36.1 Å². The van der Waals surface area contributed by atoms with E-state index in [0.717, 1.165) is 36.2 Å². The molecule has 1 amide bonds. The maximum atomic E-state index is 15.7. The van der Waals surface area contributed by atoms with E-state index in [1.807, 2.05) is 0 Å². The lowest BCUT2D eigenvalue weighted by Gasteiger charge is -2.32. The summed E-state index contributed by atoms with van der Waals surface area (Å²) in [6.07, 6.45) is -1.69. The molecule has 3 rings (SSSR count). The topological polar surface area (TPSA) is 96.0 Å². The number of nitrogens with one attached hydrogen (secondary N) is 1. The van der Waals surface area contributed by atoms with Crippen LogP contribution in [0.1, 0.15) is 48.2 Å². The van der Waals surface area contributed by atoms with Gasteiger partial charge < -0.3 is 16.0 Å². The highest BCUT2D eigenvalue weighted by molar-refractivity contribution is 5.96. The Hall–Kier alpha value is -3.76. The Bertz CT molecular complexity index is 1140. The molecule has 1 fully saturated rings. The molecule has 1 atom stereocenters. The number of nitrogens with two attached hydrogens (primary N) is 1. The van der Waals surface area contributed by atoms with E-state index in [4.69, 9.17) is 5.73 Å². The summed E-state index contributed by atoms with van der Waals surface area (Å²) in [5.74, 6) is -1.24. The Kier molecular flexibility index (Phi) is 8.44. The van der Waals surface area contributed by atoms with Crippen molar-refractivity contribution >= 4 is 18.5 Å². The van der Waals surface area contributed by atoms with Gasteiger partial charge in [-0.25, -0.2) is 4.99 Å². The van der Waals surface area contributed by atoms with E-state index in [-0.39, 0.29) is 30.7 Å². The molecule has 0 spiro atoms. The lowest BCUT2D eigenvalue weighted by molar-refractivity contribution is -0.141. The molecule has 1 aliphatic carbocycles. The van der Waals surface area contributed by atoms with Crippen molar-refractivity contribution in [2.75, 3.05) is 7.05 Å². The van der Waals surface area contributed by atoms with Gasteiger partial charge in [-0.15, -0.1) is 0 Å². The number of amidine groups is 1. The quantitative estimate of drug-likeness (QED) is 0.286. The largest absolute Gasteiger partial charge is 0.433 e. The van der Waals surface area contributed by atoms with Crippen LogP contribution in [0.4, 0.5) is 17.6 Å². The molecule has 7 nitrogen and oxygen atoms in total. The third-order valence-corrected chi connectivity index (χ3v) is 5.80. The fourth-order valence-electron chi connectivity index (χ4n) is 3.79. The maximum Gasteiger partial charge on any atom is 0.433 e. The van der Waals surface area contributed by atoms with E-state index in [2.05, 4.69) is 27.0 Å². The molecule has 1 heterocycles. The second kappa shape index (κ2) is 11.3. The van der Waals surface area contributed by atoms with Crippen LogP contribution in [0.2, 0.25) is 0 Å². The van der Waals surface area contributed by atoms with Crippen LogP contribution < -0.4 is 11.1 Å². The van der Waals surface area contributed by atoms with Crippen molar-refractivity contribution in [3.8, 4) is 0 Å². The van der Waals surface area contributed by atoms with Gasteiger partial charge >= 0.3 is 6.18 Å². The van der Waals surface area contributed by atoms with Crippen LogP contribution in [0, 0.1) is 0 Å². The lowest BCUT2D eigenvalue weighted by atomic mass is 10.1. The smallest absolute Gasteiger partial charge is 0.369 e. The molecule has 1 aromatic carbocycles. The molecular weight excluding hydrogens is 476 g/mol. The van der Waals surface area contributed by atoms with Gasteiger partial charge in [-0.2, -0.15) is 17.6 Å². The van der Waals surface area contributed by atoms with E-state index in [0.29, 0.717) is 5.56 Å². The van der Waals surface area contributed by atoms with Gasteiger partial charge in [0.1, 0.15) is 5.69 Å². The molecule has 36 heavy (non-hydrogen) atoms. The summed E-state index contributed by atoms with van der Waals surface area (Å²) in [6.45, 7) is 5.54. The van der Waals surface area contributed by atoms with Crippen LogP contribution in [-0.4, -0.2) is 41.4 Å². The number of hydrogen-bond acceptors (Lipinski definition) is 5. The summed E-state index contributed by atoms with van der Waals surface area (Å²) in [6, 6.07) is 8.83. The molecule has 11 heteroatoms. The minimum Gasteiger partial charge on any atom is -0.369 e. The average Bonchev–Trinajstić information content (AvgIpc) is 3.67. The van der Waals surface area contributed by atoms with Crippen molar-refractivity contribution in [3.05, 3.63) is 76.6 Å². The van der Waals surface area contributed by atoms with Gasteiger partial charge in [0.25, 0.3) is 0 Å². The highest BCUT2D eigenvalue weighted by Crippen LogP contribution is 2.39. The Balaban J connectivity index is 1.80. The minimum atomic E-state index is -4.54. The van der Waals surface area contributed by atoms with Crippen molar-refractivity contribution < 1.29 is 22.4 Å². The lowest BCUT2D eigenvalue weighted by Crippen LogP contribution is -2.32. The van der Waals surface area contributed by atoms with Crippen LogP contribution in [0.5, 0.6) is 0 Å². The molecule has 1 aliphatic rings. The number of carbonyl (C=O) groups excluding carboxylic acids is 1. The number of aromatic nitrogens is 1. The zero-order valence-electron chi connectivity index (χ0n) is 20.0. The standard InChI is InChI=1S/C25H28F4N6O/c1-15(18-8-11-20(33-14-18)25(27,28)29)35(19-9-10-19)24(32-3)22(26)23(31-2)34-13-17-6-4-16(5-7-17)12-21(30)36/h4-8,11,14-15,19H,3,9-10,12-13H2,1-2H3,(H2,30,36)(H,31,34)/b24-22-. The fraction of sp³-hybridized carbons (Fsp3) is 0.360. The third kappa shape index (κ3) is 6.67. The number of hydrogen-bond donors (Lipinski definition) is 2. The molecule has 2 aromatic rings. The summed E-state index contributed by atoms with van der Waals surface area (Å²) in [5.41, 5.74) is 6.30. The number of aliphatic imine (C=N–C) groups is 2. The number of primary amides is 1. The first-order valence-corrected chi connectivity index (χ1v) is 11.3. The monoisotopic (exact) mass is 504 g/mol. The van der Waals surface area contributed by atoms with Crippen LogP contribution in [-0.2, 0) is 23.9 Å². The Morgan fingerprint density at radius 1 is 1.22 bits per heavy atom. The highest BCUT2D eigenvalue weighted by Gasteiger charge is 2.37. The number of pyridine rings is 1. The van der Waals surface area contributed by atoms with E-state index in [1.165, 1.54) is 13.1 Å². The molecule has 1 saturated carbocycles. The first kappa shape index (κ1) is 26.8. The van der Waals surface area contributed by atoms with Crippen LogP contribution in [0.25, 0.3) is 0 Å². The zero-order valence-corrected chi connectivity index (χ0v) is 20.0. The van der Waals surface area contributed by atoms with Crippen LogP contribution in [0.3, 0.4) is 0 Å². The molecule has 1 aromatic heterocycles. The van der Waals surface area contributed by atoms with Gasteiger partial charge in [0, 0.05) is 25.8 Å². The number of rotatable bonds is 10. The highest BCUT2D eigenvalue weighted by atomic mass is 19.4. The van der Waals surface area contributed by atoms with Crippen molar-refractivity contribution in [2.45, 2.75) is 51.0 Å². The summed E-state index contributed by atoms with van der Waals surface area (Å²) in [4.78, 5) is 24.2. The first-order valence-electron chi connectivity index (χ1n) is 11.3. The Morgan fingerprint density at radius 2 is 1.86 bits per heavy atom. The number of alkyl halides is 3. The second-order valence-corrected chi connectivity index (χ2v) is 8.47. The van der Waals surface area contributed by atoms with E-state index < -0.39 is 29.6 Å². The predicted molar refractivity (Wildman–Crippen MR) is 130 cm³/mol. The number of benzene rings is 1. The summed E-state index contributed by atoms with van der Waals surface area (Å²) < 4.78 is 54.4. The van der Waals surface area contributed by atoms with E-state index in [9.17, 15) is 18.0 Å². The van der Waals surface area contributed by atoms with Gasteiger partial charge in [-0.05, 0) is 49.2 Å². The molecule has 0 aliphatic heterocycles. The van der Waals surface area contributed by atoms with Gasteiger partial charge in [0.15, 0.2) is 11.7 Å². The summed E-state index contributed by atoms with van der Waals surface area (Å²) in [7, 11) is 1.43. The maximum absolute atomic E-state index is 15.7. The van der Waals surface area contributed by atoms with Crippen molar-refractivity contribution in [1.29, 1.82) is 0 Å². The average molecular weight is 505 g/mol. The Labute approximate surface area is 206 Å². The SMILES string of the molecule is C=N/C(=C(/F)C(=NC)NCc1ccc(CC(N)=O)cc1)N(C1CC1)C(C)c1ccc(C(F)(F)F)nc1. The molecular formula is C25H28F4N6O. The molecule has 0 bridgehead atoms. The normalized spacial score (nSPS) is 15.7. The second-order valence-electron chi connectivity index (χ2n) is 8.47. The number of nitrogens with zero attached hydrogens (tertiary/aromatic N) is 4. The van der Waals surface area contributed by atoms with E-state index >= 15 is 4.39 Å². The van der Waals surface area contributed by atoms with Gasteiger partial charge in [-0.3, -0.25) is 14.8 Å². The van der Waals surface area contributed by atoms with Gasteiger partial charge in [-0.1, -0.05) is 30.3 Å². The summed E-state index contributed by atoms with van der Waals surface area (Å²) in [5, 5.41) is 2.95. The number of amides is 1. The predicted octanol–water partition coefficient (Wildman–Crippen LogP) is 4.31. The van der Waals surface area contributed by atoms with Gasteiger partial charge in [0.05, 0.1) is 12.5 Å². The fourth-order valence-corrected chi connectivity index (χ4v) is 3.79. The van der Waals surface area contributed by atoms with Crippen LogP contribution >= 0.6 is 0 Å². The third-order valence-electron chi connectivity index (χ3n) is 5.80. The van der Waals surface area contributed by atoms with Crippen molar-refractivity contribution in [3.63, 3.8) is 0 Å². The molecule has 3 N–H and O–H groups in total. The minimum absolute atomic E-state index is 0.0375. The summed E-state index contributed by atoms with van der Waals surface area (Å²) >= 11 is 0. The molecule has 1 unspecified atom stereocenters. The number of halogens is 4. The number of carbonyl (C=O) groups is 1. The van der Waals surface area contributed by atoms with Crippen LogP contribution in [0.15, 0.2) is 64.2 Å². The zero-order chi connectivity index (χ0) is 26.5. The molecule has 192 valence electrons. The molecule has 0 radical (unpaired) electrons. The van der Waals surface area contributed by atoms with Crippen molar-refractivity contribution in [1.82, 2.24) is 15.2 Å². The Morgan fingerprint density at radius 3 is 2.33 bits per heavy atom. The van der Waals surface area contributed by atoms with Gasteiger partial charge in [0.2, 0.25) is 11.7 Å².